The van der Waals surface area contributed by atoms with Crippen LogP contribution in [0.5, 0.6) is 0 Å². The number of nitrogens with one attached hydrogen (secondary N) is 1. The van der Waals surface area contributed by atoms with Gasteiger partial charge in [0.25, 0.3) is 5.91 Å². The highest BCUT2D eigenvalue weighted by Gasteiger charge is 2.50. The zero-order valence-corrected chi connectivity index (χ0v) is 13.4. The molecule has 0 spiro atoms. The smallest absolute Gasteiger partial charge is 0.252 e. The van der Waals surface area contributed by atoms with Gasteiger partial charge in [0.2, 0.25) is 0 Å². The van der Waals surface area contributed by atoms with Gasteiger partial charge in [0, 0.05) is 37.5 Å². The molecule has 6 nitrogen and oxygen atoms in total. The second-order valence-electron chi connectivity index (χ2n) is 7.38. The minimum atomic E-state index is -0.0719. The SMILES string of the molecule is O=C(NC[C@]12COC[C@H]1CN(CC1CCC1)C2)c1ccnnc1. The van der Waals surface area contributed by atoms with Crippen LogP contribution in [-0.2, 0) is 4.74 Å². The molecule has 2 aliphatic heterocycles. The molecular formula is C17H24N4O2. The van der Waals surface area contributed by atoms with Gasteiger partial charge < -0.3 is 15.0 Å². The molecule has 3 aliphatic rings. The molecule has 4 rings (SSSR count). The molecule has 1 aromatic rings. The number of likely N-dealkylation sites (tertiary alicyclic amines) is 1. The number of aromatic nitrogens is 2. The van der Waals surface area contributed by atoms with Crippen LogP contribution in [0.4, 0.5) is 0 Å². The third-order valence-electron chi connectivity index (χ3n) is 5.78. The summed E-state index contributed by atoms with van der Waals surface area (Å²) in [6.45, 7) is 5.65. The fourth-order valence-corrected chi connectivity index (χ4v) is 4.16. The van der Waals surface area contributed by atoms with Crippen molar-refractivity contribution in [1.82, 2.24) is 20.4 Å². The summed E-state index contributed by atoms with van der Waals surface area (Å²) >= 11 is 0. The highest BCUT2D eigenvalue weighted by atomic mass is 16.5. The highest BCUT2D eigenvalue weighted by Crippen LogP contribution is 2.42. The third kappa shape index (κ3) is 2.97. The Morgan fingerprint density at radius 3 is 3.09 bits per heavy atom. The van der Waals surface area contributed by atoms with Crippen molar-refractivity contribution in [2.45, 2.75) is 19.3 Å². The van der Waals surface area contributed by atoms with Crippen LogP contribution in [0.2, 0.25) is 0 Å². The first-order valence-corrected chi connectivity index (χ1v) is 8.60. The molecule has 6 heteroatoms. The van der Waals surface area contributed by atoms with Gasteiger partial charge in [0.1, 0.15) is 0 Å². The molecule has 0 unspecified atom stereocenters. The standard InChI is InChI=1S/C17H24N4O2/c22-16(14-4-5-19-20-6-14)18-10-17-11-21(7-13-2-1-3-13)8-15(17)9-23-12-17/h4-6,13,15H,1-3,7-12H2,(H,18,22)/t15-,17+/m1/s1. The third-order valence-corrected chi connectivity index (χ3v) is 5.78. The summed E-state index contributed by atoms with van der Waals surface area (Å²) in [4.78, 5) is 14.9. The number of carbonyl (C=O) groups is 1. The van der Waals surface area contributed by atoms with Crippen molar-refractivity contribution in [3.63, 3.8) is 0 Å². The predicted molar refractivity (Wildman–Crippen MR) is 84.9 cm³/mol. The zero-order valence-electron chi connectivity index (χ0n) is 13.4. The Morgan fingerprint density at radius 1 is 1.43 bits per heavy atom. The zero-order chi connectivity index (χ0) is 15.7. The largest absolute Gasteiger partial charge is 0.380 e. The summed E-state index contributed by atoms with van der Waals surface area (Å²) < 4.78 is 5.75. The van der Waals surface area contributed by atoms with Crippen LogP contribution in [0, 0.1) is 17.3 Å². The number of hydrogen-bond acceptors (Lipinski definition) is 5. The van der Waals surface area contributed by atoms with Gasteiger partial charge in [0.05, 0.1) is 31.2 Å². The lowest BCUT2D eigenvalue weighted by molar-refractivity contribution is 0.0894. The Morgan fingerprint density at radius 2 is 2.35 bits per heavy atom. The second-order valence-corrected chi connectivity index (χ2v) is 7.38. The van der Waals surface area contributed by atoms with Crippen molar-refractivity contribution in [2.75, 3.05) is 39.4 Å². The molecule has 1 N–H and O–H groups in total. The first-order chi connectivity index (χ1) is 11.3. The monoisotopic (exact) mass is 316 g/mol. The fraction of sp³-hybridized carbons (Fsp3) is 0.706. The van der Waals surface area contributed by atoms with E-state index in [4.69, 9.17) is 4.74 Å². The van der Waals surface area contributed by atoms with E-state index in [0.29, 0.717) is 18.0 Å². The van der Waals surface area contributed by atoms with Crippen LogP contribution in [-0.4, -0.2) is 60.4 Å². The van der Waals surface area contributed by atoms with Crippen molar-refractivity contribution >= 4 is 5.91 Å². The van der Waals surface area contributed by atoms with E-state index in [1.807, 2.05) is 0 Å². The van der Waals surface area contributed by atoms with E-state index in [1.54, 1.807) is 12.3 Å². The average Bonchev–Trinajstić information content (AvgIpc) is 3.06. The van der Waals surface area contributed by atoms with Gasteiger partial charge in [-0.15, -0.1) is 0 Å². The molecule has 1 aliphatic carbocycles. The van der Waals surface area contributed by atoms with Gasteiger partial charge in [-0.1, -0.05) is 6.42 Å². The van der Waals surface area contributed by atoms with Gasteiger partial charge in [-0.3, -0.25) is 4.79 Å². The van der Waals surface area contributed by atoms with Crippen LogP contribution in [0.25, 0.3) is 0 Å². The predicted octanol–water partition coefficient (Wildman–Crippen LogP) is 0.955. The maximum atomic E-state index is 12.3. The summed E-state index contributed by atoms with van der Waals surface area (Å²) in [5.41, 5.74) is 0.649. The lowest BCUT2D eigenvalue weighted by Crippen LogP contribution is -2.43. The minimum Gasteiger partial charge on any atom is -0.380 e. The Balaban J connectivity index is 1.37. The minimum absolute atomic E-state index is 0.0719. The van der Waals surface area contributed by atoms with E-state index in [0.717, 1.165) is 32.2 Å². The molecule has 1 amide bonds. The van der Waals surface area contributed by atoms with Crippen molar-refractivity contribution in [3.05, 3.63) is 24.0 Å². The normalized spacial score (nSPS) is 30.9. The molecule has 3 heterocycles. The lowest BCUT2D eigenvalue weighted by atomic mass is 9.81. The van der Waals surface area contributed by atoms with Gasteiger partial charge in [-0.2, -0.15) is 10.2 Å². The number of amides is 1. The van der Waals surface area contributed by atoms with Crippen LogP contribution >= 0.6 is 0 Å². The Hall–Kier alpha value is -1.53. The van der Waals surface area contributed by atoms with Crippen molar-refractivity contribution < 1.29 is 9.53 Å². The van der Waals surface area contributed by atoms with Crippen molar-refractivity contribution in [3.8, 4) is 0 Å². The van der Waals surface area contributed by atoms with Gasteiger partial charge in [-0.25, -0.2) is 0 Å². The van der Waals surface area contributed by atoms with Crippen LogP contribution in [0.1, 0.15) is 29.6 Å². The van der Waals surface area contributed by atoms with E-state index in [1.165, 1.54) is 32.0 Å². The Bertz CT molecular complexity index is 563. The molecule has 0 bridgehead atoms. The maximum absolute atomic E-state index is 12.3. The molecule has 0 aromatic carbocycles. The average molecular weight is 316 g/mol. The fourth-order valence-electron chi connectivity index (χ4n) is 4.16. The Labute approximate surface area is 136 Å². The van der Waals surface area contributed by atoms with Crippen molar-refractivity contribution in [2.24, 2.45) is 17.3 Å². The maximum Gasteiger partial charge on any atom is 0.252 e. The molecule has 1 saturated carbocycles. The lowest BCUT2D eigenvalue weighted by Gasteiger charge is -2.32. The van der Waals surface area contributed by atoms with E-state index in [-0.39, 0.29) is 11.3 Å². The quantitative estimate of drug-likeness (QED) is 0.876. The van der Waals surface area contributed by atoms with Gasteiger partial charge >= 0.3 is 0 Å². The number of nitrogens with zero attached hydrogens (tertiary/aromatic N) is 3. The summed E-state index contributed by atoms with van der Waals surface area (Å²) in [5.74, 6) is 1.36. The number of rotatable bonds is 5. The van der Waals surface area contributed by atoms with Crippen LogP contribution in [0.15, 0.2) is 18.5 Å². The van der Waals surface area contributed by atoms with E-state index >= 15 is 0 Å². The number of fused-ring (bicyclic) bond motifs is 1. The summed E-state index contributed by atoms with van der Waals surface area (Å²) in [7, 11) is 0. The molecule has 2 atom stereocenters. The van der Waals surface area contributed by atoms with E-state index in [9.17, 15) is 4.79 Å². The van der Waals surface area contributed by atoms with E-state index in [2.05, 4.69) is 20.4 Å². The van der Waals surface area contributed by atoms with Gasteiger partial charge in [0.15, 0.2) is 0 Å². The Kier molecular flexibility index (Phi) is 4.03. The first-order valence-electron chi connectivity index (χ1n) is 8.60. The molecule has 124 valence electrons. The van der Waals surface area contributed by atoms with Crippen LogP contribution < -0.4 is 5.32 Å². The topological polar surface area (TPSA) is 67.3 Å². The first kappa shape index (κ1) is 15.0. The number of hydrogen-bond donors (Lipinski definition) is 1. The molecule has 3 fully saturated rings. The molecule has 23 heavy (non-hydrogen) atoms. The highest BCUT2D eigenvalue weighted by molar-refractivity contribution is 5.93. The molecule has 0 radical (unpaired) electrons. The van der Waals surface area contributed by atoms with E-state index < -0.39 is 0 Å². The number of carbonyl (C=O) groups excluding carboxylic acids is 1. The molecule has 1 aromatic heterocycles. The van der Waals surface area contributed by atoms with Gasteiger partial charge in [-0.05, 0) is 24.8 Å². The summed E-state index contributed by atoms with van der Waals surface area (Å²) in [6.07, 6.45) is 7.22. The summed E-state index contributed by atoms with van der Waals surface area (Å²) in [6, 6.07) is 1.69. The molecular weight excluding hydrogens is 292 g/mol. The van der Waals surface area contributed by atoms with Crippen molar-refractivity contribution in [1.29, 1.82) is 0 Å². The molecule has 2 saturated heterocycles. The van der Waals surface area contributed by atoms with Crippen LogP contribution in [0.3, 0.4) is 0 Å². The second kappa shape index (κ2) is 6.17. The number of ether oxygens (including phenoxy) is 1. The summed E-state index contributed by atoms with van der Waals surface area (Å²) in [5, 5.41) is 10.6.